The van der Waals surface area contributed by atoms with E-state index in [4.69, 9.17) is 0 Å². The van der Waals surface area contributed by atoms with Crippen molar-refractivity contribution in [2.45, 2.75) is 31.7 Å². The minimum absolute atomic E-state index is 0.0655. The van der Waals surface area contributed by atoms with Crippen LogP contribution in [0.15, 0.2) is 22.8 Å². The predicted molar refractivity (Wildman–Crippen MR) is 74.7 cm³/mol. The molecule has 1 aromatic rings. The number of pyridine rings is 1. The van der Waals surface area contributed by atoms with Gasteiger partial charge >= 0.3 is 0 Å². The number of amides is 2. The summed E-state index contributed by atoms with van der Waals surface area (Å²) in [5.74, 6) is -0.161. The average Bonchev–Trinajstić information content (AvgIpc) is 3.19. The Labute approximate surface area is 120 Å². The molecule has 2 N–H and O–H groups in total. The highest BCUT2D eigenvalue weighted by Gasteiger charge is 2.22. The van der Waals surface area contributed by atoms with Gasteiger partial charge in [0.25, 0.3) is 5.91 Å². The van der Waals surface area contributed by atoms with E-state index in [0.29, 0.717) is 35.6 Å². The van der Waals surface area contributed by atoms with Gasteiger partial charge in [-0.25, -0.2) is 4.98 Å². The van der Waals surface area contributed by atoms with Gasteiger partial charge in [0.1, 0.15) is 5.69 Å². The number of halogens is 1. The number of carbonyl (C=O) groups is 2. The van der Waals surface area contributed by atoms with Crippen molar-refractivity contribution < 1.29 is 9.59 Å². The molecule has 2 amide bonds. The van der Waals surface area contributed by atoms with Crippen LogP contribution in [0, 0.1) is 0 Å². The summed E-state index contributed by atoms with van der Waals surface area (Å²) in [6.45, 7) is 0.472. The summed E-state index contributed by atoms with van der Waals surface area (Å²) in [6.07, 6.45) is 4.84. The van der Waals surface area contributed by atoms with Gasteiger partial charge in [0.2, 0.25) is 5.91 Å². The molecular weight excluding hydrogens is 310 g/mol. The summed E-state index contributed by atoms with van der Waals surface area (Å²) in [6, 6.07) is 3.92. The second kappa shape index (κ2) is 6.65. The van der Waals surface area contributed by atoms with Gasteiger partial charge in [-0.15, -0.1) is 0 Å². The lowest BCUT2D eigenvalue weighted by Gasteiger charge is -2.06. The van der Waals surface area contributed by atoms with Crippen LogP contribution in [0.25, 0.3) is 0 Å². The molecule has 1 aliphatic carbocycles. The Hall–Kier alpha value is -1.43. The Morgan fingerprint density at radius 2 is 2.21 bits per heavy atom. The molecular formula is C13H16BrN3O2. The fourth-order valence-corrected chi connectivity index (χ4v) is 2.05. The quantitative estimate of drug-likeness (QED) is 0.781. The van der Waals surface area contributed by atoms with Gasteiger partial charge in [0.05, 0.1) is 0 Å². The lowest BCUT2D eigenvalue weighted by atomic mass is 10.2. The molecule has 0 saturated heterocycles. The molecule has 2 rings (SSSR count). The first-order chi connectivity index (χ1) is 9.16. The normalized spacial score (nSPS) is 13.9. The van der Waals surface area contributed by atoms with Crippen LogP contribution in [0.2, 0.25) is 0 Å². The summed E-state index contributed by atoms with van der Waals surface area (Å²) in [5, 5.41) is 5.66. The fraction of sp³-hybridized carbons (Fsp3) is 0.462. The van der Waals surface area contributed by atoms with Crippen LogP contribution in [0.4, 0.5) is 0 Å². The highest BCUT2D eigenvalue weighted by molar-refractivity contribution is 9.10. The molecule has 1 heterocycles. The third kappa shape index (κ3) is 4.63. The Bertz CT molecular complexity index is 475. The largest absolute Gasteiger partial charge is 0.353 e. The molecule has 1 saturated carbocycles. The maximum absolute atomic E-state index is 11.8. The first kappa shape index (κ1) is 14.0. The van der Waals surface area contributed by atoms with Crippen LogP contribution in [0.1, 0.15) is 36.2 Å². The average molecular weight is 326 g/mol. The lowest BCUT2D eigenvalue weighted by Crippen LogP contribution is -2.29. The molecule has 19 heavy (non-hydrogen) atoms. The zero-order chi connectivity index (χ0) is 13.7. The van der Waals surface area contributed by atoms with E-state index < -0.39 is 0 Å². The van der Waals surface area contributed by atoms with Gasteiger partial charge in [-0.2, -0.15) is 0 Å². The third-order valence-corrected chi connectivity index (χ3v) is 3.42. The van der Waals surface area contributed by atoms with Crippen molar-refractivity contribution in [3.8, 4) is 0 Å². The van der Waals surface area contributed by atoms with E-state index >= 15 is 0 Å². The van der Waals surface area contributed by atoms with Crippen molar-refractivity contribution in [1.82, 2.24) is 15.6 Å². The number of carbonyl (C=O) groups excluding carboxylic acids is 2. The molecule has 0 unspecified atom stereocenters. The zero-order valence-electron chi connectivity index (χ0n) is 10.5. The van der Waals surface area contributed by atoms with E-state index in [9.17, 15) is 9.59 Å². The van der Waals surface area contributed by atoms with Gasteiger partial charge < -0.3 is 10.6 Å². The second-order valence-electron chi connectivity index (χ2n) is 4.54. The lowest BCUT2D eigenvalue weighted by molar-refractivity contribution is -0.121. The van der Waals surface area contributed by atoms with Crippen molar-refractivity contribution in [1.29, 1.82) is 0 Å². The van der Waals surface area contributed by atoms with Crippen molar-refractivity contribution in [3.05, 3.63) is 28.5 Å². The summed E-state index contributed by atoms with van der Waals surface area (Å²) in [7, 11) is 0. The van der Waals surface area contributed by atoms with E-state index in [-0.39, 0.29) is 11.8 Å². The van der Waals surface area contributed by atoms with Crippen LogP contribution in [-0.2, 0) is 4.79 Å². The van der Waals surface area contributed by atoms with Crippen molar-refractivity contribution >= 4 is 27.7 Å². The molecule has 0 atom stereocenters. The van der Waals surface area contributed by atoms with Gasteiger partial charge in [0.15, 0.2) is 0 Å². The SMILES string of the molecule is O=C(CCCNC(=O)c1ncccc1Br)NC1CC1. The number of aromatic nitrogens is 1. The van der Waals surface area contributed by atoms with Crippen LogP contribution < -0.4 is 10.6 Å². The van der Waals surface area contributed by atoms with Crippen LogP contribution in [0.5, 0.6) is 0 Å². The number of nitrogens with one attached hydrogen (secondary N) is 2. The summed E-state index contributed by atoms with van der Waals surface area (Å²) >= 11 is 3.28. The summed E-state index contributed by atoms with van der Waals surface area (Å²) in [4.78, 5) is 27.2. The predicted octanol–water partition coefficient (Wildman–Crippen LogP) is 1.63. The first-order valence-electron chi connectivity index (χ1n) is 6.35. The summed E-state index contributed by atoms with van der Waals surface area (Å²) in [5.41, 5.74) is 0.366. The van der Waals surface area contributed by atoms with Gasteiger partial charge in [-0.3, -0.25) is 9.59 Å². The third-order valence-electron chi connectivity index (χ3n) is 2.78. The Kier molecular flexibility index (Phi) is 4.90. The zero-order valence-corrected chi connectivity index (χ0v) is 12.1. The number of nitrogens with zero attached hydrogens (tertiary/aromatic N) is 1. The molecule has 0 aromatic carbocycles. The number of hydrogen-bond acceptors (Lipinski definition) is 3. The molecule has 0 aliphatic heterocycles. The molecule has 1 aromatic heterocycles. The van der Waals surface area contributed by atoms with Gasteiger partial charge in [0, 0.05) is 29.7 Å². The highest BCUT2D eigenvalue weighted by atomic mass is 79.9. The Morgan fingerprint density at radius 1 is 1.42 bits per heavy atom. The molecule has 0 bridgehead atoms. The molecule has 5 nitrogen and oxygen atoms in total. The van der Waals surface area contributed by atoms with Crippen LogP contribution in [-0.4, -0.2) is 29.4 Å². The minimum Gasteiger partial charge on any atom is -0.353 e. The molecule has 6 heteroatoms. The molecule has 1 fully saturated rings. The molecule has 1 aliphatic rings. The van der Waals surface area contributed by atoms with Crippen LogP contribution >= 0.6 is 15.9 Å². The Morgan fingerprint density at radius 3 is 2.89 bits per heavy atom. The fourth-order valence-electron chi connectivity index (χ4n) is 1.61. The highest BCUT2D eigenvalue weighted by Crippen LogP contribution is 2.18. The van der Waals surface area contributed by atoms with E-state index in [1.807, 2.05) is 0 Å². The maximum Gasteiger partial charge on any atom is 0.271 e. The van der Waals surface area contributed by atoms with E-state index in [2.05, 4.69) is 31.5 Å². The van der Waals surface area contributed by atoms with Gasteiger partial charge in [-0.05, 0) is 47.3 Å². The van der Waals surface area contributed by atoms with Crippen molar-refractivity contribution in [3.63, 3.8) is 0 Å². The second-order valence-corrected chi connectivity index (χ2v) is 5.39. The molecule has 0 spiro atoms. The standard InChI is InChI=1S/C13H16BrN3O2/c14-10-3-1-7-15-12(10)13(19)16-8-2-4-11(18)17-9-5-6-9/h1,3,7,9H,2,4-6,8H2,(H,16,19)(H,17,18). The van der Waals surface area contributed by atoms with E-state index in [0.717, 1.165) is 12.8 Å². The monoisotopic (exact) mass is 325 g/mol. The number of rotatable bonds is 6. The van der Waals surface area contributed by atoms with Crippen molar-refractivity contribution in [2.24, 2.45) is 0 Å². The van der Waals surface area contributed by atoms with Gasteiger partial charge in [-0.1, -0.05) is 0 Å². The first-order valence-corrected chi connectivity index (χ1v) is 7.14. The maximum atomic E-state index is 11.8. The van der Waals surface area contributed by atoms with E-state index in [1.54, 1.807) is 18.3 Å². The van der Waals surface area contributed by atoms with E-state index in [1.165, 1.54) is 0 Å². The molecule has 0 radical (unpaired) electrons. The number of hydrogen-bond donors (Lipinski definition) is 2. The minimum atomic E-state index is -0.227. The van der Waals surface area contributed by atoms with Crippen LogP contribution in [0.3, 0.4) is 0 Å². The Balaban J connectivity index is 1.66. The smallest absolute Gasteiger partial charge is 0.271 e. The van der Waals surface area contributed by atoms with Crippen molar-refractivity contribution in [2.75, 3.05) is 6.54 Å². The topological polar surface area (TPSA) is 71.1 Å². The summed E-state index contributed by atoms with van der Waals surface area (Å²) < 4.78 is 0.666. The molecule has 102 valence electrons.